The average molecular weight is 469 g/mol. The second-order valence-corrected chi connectivity index (χ2v) is 9.24. The highest BCUT2D eigenvalue weighted by molar-refractivity contribution is 7.92. The highest BCUT2D eigenvalue weighted by Gasteiger charge is 2.19. The van der Waals surface area contributed by atoms with Gasteiger partial charge < -0.3 is 15.4 Å². The van der Waals surface area contributed by atoms with Crippen molar-refractivity contribution in [3.8, 4) is 0 Å². The number of rotatable bonds is 10. The molecule has 174 valence electrons. The zero-order chi connectivity index (χ0) is 22.9. The van der Waals surface area contributed by atoms with Crippen molar-refractivity contribution in [1.29, 1.82) is 0 Å². The van der Waals surface area contributed by atoms with Crippen molar-refractivity contribution in [2.75, 3.05) is 54.7 Å². The van der Waals surface area contributed by atoms with Crippen molar-refractivity contribution >= 4 is 33.2 Å². The van der Waals surface area contributed by atoms with Crippen molar-refractivity contribution in [2.24, 2.45) is 0 Å². The molecule has 1 aliphatic heterocycles. The van der Waals surface area contributed by atoms with Gasteiger partial charge in [0.15, 0.2) is 0 Å². The van der Waals surface area contributed by atoms with Gasteiger partial charge in [-0.2, -0.15) is 4.98 Å². The highest BCUT2D eigenvalue weighted by Crippen LogP contribution is 2.25. The maximum Gasteiger partial charge on any atom is 0.263 e. The fraction of sp³-hybridized carbons (Fsp3) is 0.304. The number of sulfonamides is 1. The van der Waals surface area contributed by atoms with Crippen LogP contribution in [-0.4, -0.2) is 62.7 Å². The van der Waals surface area contributed by atoms with E-state index in [0.29, 0.717) is 23.1 Å². The minimum absolute atomic E-state index is 0.112. The molecule has 4 rings (SSSR count). The van der Waals surface area contributed by atoms with Crippen LogP contribution >= 0.6 is 0 Å². The molecule has 0 spiro atoms. The number of aromatic nitrogens is 2. The molecule has 1 fully saturated rings. The minimum Gasteiger partial charge on any atom is -0.379 e. The van der Waals surface area contributed by atoms with Crippen LogP contribution in [0.15, 0.2) is 71.8 Å². The number of ether oxygens (including phenoxy) is 1. The summed E-state index contributed by atoms with van der Waals surface area (Å²) >= 11 is 0. The zero-order valence-corrected chi connectivity index (χ0v) is 19.1. The third kappa shape index (κ3) is 6.64. The molecule has 3 N–H and O–H groups in total. The van der Waals surface area contributed by atoms with Gasteiger partial charge in [-0.15, -0.1) is 0 Å². The molecular weight excluding hydrogens is 440 g/mol. The van der Waals surface area contributed by atoms with Crippen LogP contribution in [0.4, 0.5) is 23.1 Å². The van der Waals surface area contributed by atoms with Gasteiger partial charge in [-0.1, -0.05) is 30.3 Å². The summed E-state index contributed by atoms with van der Waals surface area (Å²) in [5.74, 6) is 0.993. The molecule has 1 aromatic heterocycles. The van der Waals surface area contributed by atoms with Crippen LogP contribution in [0.25, 0.3) is 0 Å². The molecule has 0 saturated carbocycles. The minimum atomic E-state index is -3.80. The fourth-order valence-electron chi connectivity index (χ4n) is 3.50. The summed E-state index contributed by atoms with van der Waals surface area (Å²) in [6.07, 6.45) is 2.62. The normalized spacial score (nSPS) is 14.5. The Hall–Kier alpha value is -3.21. The molecular formula is C23H28N6O3S. The Morgan fingerprint density at radius 1 is 0.970 bits per heavy atom. The molecule has 0 atom stereocenters. The first-order valence-corrected chi connectivity index (χ1v) is 12.4. The van der Waals surface area contributed by atoms with Crippen LogP contribution in [0.3, 0.4) is 0 Å². The Balaban J connectivity index is 1.39. The lowest BCUT2D eigenvalue weighted by atomic mass is 10.3. The molecule has 0 aliphatic carbocycles. The van der Waals surface area contributed by atoms with Crippen LogP contribution in [-0.2, 0) is 14.8 Å². The van der Waals surface area contributed by atoms with Gasteiger partial charge in [0, 0.05) is 31.5 Å². The van der Waals surface area contributed by atoms with E-state index in [0.717, 1.165) is 45.8 Å². The SMILES string of the molecule is O=S(=O)(Nc1ccccc1)c1ccccc1Nc1nccc(NCCCN2CCOCC2)n1. The number of para-hydroxylation sites is 2. The predicted octanol–water partition coefficient (Wildman–Crippen LogP) is 3.16. The zero-order valence-electron chi connectivity index (χ0n) is 18.3. The van der Waals surface area contributed by atoms with E-state index < -0.39 is 10.0 Å². The van der Waals surface area contributed by atoms with Gasteiger partial charge in [-0.05, 0) is 43.3 Å². The van der Waals surface area contributed by atoms with Gasteiger partial charge in [0.1, 0.15) is 10.7 Å². The Morgan fingerprint density at radius 3 is 2.55 bits per heavy atom. The Kier molecular flexibility index (Phi) is 7.71. The second kappa shape index (κ2) is 11.1. The number of anilines is 4. The van der Waals surface area contributed by atoms with Crippen molar-refractivity contribution in [2.45, 2.75) is 11.3 Å². The quantitative estimate of drug-likeness (QED) is 0.390. The average Bonchev–Trinajstić information content (AvgIpc) is 2.83. The second-order valence-electron chi connectivity index (χ2n) is 7.59. The third-order valence-corrected chi connectivity index (χ3v) is 6.61. The molecule has 33 heavy (non-hydrogen) atoms. The number of hydrogen-bond acceptors (Lipinski definition) is 8. The number of nitrogens with one attached hydrogen (secondary N) is 3. The van der Waals surface area contributed by atoms with Crippen LogP contribution in [0.1, 0.15) is 6.42 Å². The topological polar surface area (TPSA) is 108 Å². The van der Waals surface area contributed by atoms with Crippen LogP contribution in [0, 0.1) is 0 Å². The van der Waals surface area contributed by atoms with Crippen LogP contribution < -0.4 is 15.4 Å². The molecule has 1 aliphatic rings. The van der Waals surface area contributed by atoms with Gasteiger partial charge in [0.05, 0.1) is 18.9 Å². The predicted molar refractivity (Wildman–Crippen MR) is 129 cm³/mol. The van der Waals surface area contributed by atoms with Crippen molar-refractivity contribution in [3.63, 3.8) is 0 Å². The van der Waals surface area contributed by atoms with E-state index >= 15 is 0 Å². The maximum atomic E-state index is 13.0. The first-order chi connectivity index (χ1) is 16.1. The lowest BCUT2D eigenvalue weighted by Crippen LogP contribution is -2.37. The standard InChI is InChI=1S/C23H28N6O3S/c30-33(31,28-19-7-2-1-3-8-19)21-10-5-4-9-20(21)26-23-25-13-11-22(27-23)24-12-6-14-29-15-17-32-18-16-29/h1-5,7-11,13,28H,6,12,14-18H2,(H2,24,25,26,27). The molecule has 0 bridgehead atoms. The Labute approximate surface area is 194 Å². The molecule has 2 heterocycles. The summed E-state index contributed by atoms with van der Waals surface area (Å²) in [7, 11) is -3.80. The monoisotopic (exact) mass is 468 g/mol. The summed E-state index contributed by atoms with van der Waals surface area (Å²) in [5.41, 5.74) is 0.886. The van der Waals surface area contributed by atoms with Crippen LogP contribution in [0.5, 0.6) is 0 Å². The lowest BCUT2D eigenvalue weighted by Gasteiger charge is -2.26. The first-order valence-electron chi connectivity index (χ1n) is 10.9. The summed E-state index contributed by atoms with van der Waals surface area (Å²) in [5, 5.41) is 6.35. The smallest absolute Gasteiger partial charge is 0.263 e. The van der Waals surface area contributed by atoms with E-state index in [-0.39, 0.29) is 4.90 Å². The summed E-state index contributed by atoms with van der Waals surface area (Å²) in [6, 6.07) is 17.2. The van der Waals surface area contributed by atoms with Gasteiger partial charge >= 0.3 is 0 Å². The van der Waals surface area contributed by atoms with Gasteiger partial charge in [-0.25, -0.2) is 13.4 Å². The Bertz CT molecular complexity index is 1140. The molecule has 9 nitrogen and oxygen atoms in total. The van der Waals surface area contributed by atoms with Crippen LogP contribution in [0.2, 0.25) is 0 Å². The molecule has 2 aromatic carbocycles. The van der Waals surface area contributed by atoms with E-state index in [4.69, 9.17) is 4.74 Å². The summed E-state index contributed by atoms with van der Waals surface area (Å²) in [6.45, 7) is 5.33. The van der Waals surface area contributed by atoms with Crippen molar-refractivity contribution < 1.29 is 13.2 Å². The Morgan fingerprint density at radius 2 is 1.73 bits per heavy atom. The van der Waals surface area contributed by atoms with E-state index in [1.165, 1.54) is 0 Å². The van der Waals surface area contributed by atoms with E-state index in [1.807, 2.05) is 6.07 Å². The summed E-state index contributed by atoms with van der Waals surface area (Å²) < 4.78 is 33.9. The fourth-order valence-corrected chi connectivity index (χ4v) is 4.72. The molecule has 1 saturated heterocycles. The van der Waals surface area contributed by atoms with Crippen molar-refractivity contribution in [3.05, 3.63) is 66.9 Å². The molecule has 0 radical (unpaired) electrons. The first kappa shape index (κ1) is 23.0. The third-order valence-electron chi connectivity index (χ3n) is 5.17. The molecule has 3 aromatic rings. The molecule has 0 amide bonds. The maximum absolute atomic E-state index is 13.0. The van der Waals surface area contributed by atoms with E-state index in [9.17, 15) is 8.42 Å². The van der Waals surface area contributed by atoms with Crippen molar-refractivity contribution in [1.82, 2.24) is 14.9 Å². The highest BCUT2D eigenvalue weighted by atomic mass is 32.2. The van der Waals surface area contributed by atoms with E-state index in [1.54, 1.807) is 60.8 Å². The molecule has 0 unspecified atom stereocenters. The number of hydrogen-bond donors (Lipinski definition) is 3. The molecule has 10 heteroatoms. The number of benzene rings is 2. The van der Waals surface area contributed by atoms with Gasteiger partial charge in [0.25, 0.3) is 10.0 Å². The lowest BCUT2D eigenvalue weighted by molar-refractivity contribution is 0.0378. The largest absolute Gasteiger partial charge is 0.379 e. The van der Waals surface area contributed by atoms with E-state index in [2.05, 4.69) is 30.2 Å². The van der Waals surface area contributed by atoms with Gasteiger partial charge in [-0.3, -0.25) is 9.62 Å². The summed E-state index contributed by atoms with van der Waals surface area (Å²) in [4.78, 5) is 11.2. The number of morpholine rings is 1. The number of nitrogens with zero attached hydrogens (tertiary/aromatic N) is 3. The van der Waals surface area contributed by atoms with Gasteiger partial charge in [0.2, 0.25) is 5.95 Å².